The van der Waals surface area contributed by atoms with Gasteiger partial charge in [0.1, 0.15) is 22.8 Å². The first-order valence-corrected chi connectivity index (χ1v) is 9.32. The van der Waals surface area contributed by atoms with Crippen molar-refractivity contribution in [3.63, 3.8) is 0 Å². The zero-order chi connectivity index (χ0) is 23.6. The van der Waals surface area contributed by atoms with E-state index in [1.54, 1.807) is 0 Å². The Balaban J connectivity index is 2.29. The van der Waals surface area contributed by atoms with Gasteiger partial charge in [0.25, 0.3) is 0 Å². The first-order chi connectivity index (χ1) is 15.0. The van der Waals surface area contributed by atoms with E-state index in [1.165, 1.54) is 36.4 Å². The number of aromatic nitrogens is 1. The van der Waals surface area contributed by atoms with Crippen LogP contribution in [-0.4, -0.2) is 28.6 Å². The number of nitrogens with zero attached hydrogens (tertiary/aromatic N) is 1. The Morgan fingerprint density at radius 1 is 1.19 bits per heavy atom. The molecule has 0 aliphatic heterocycles. The number of anilines is 1. The van der Waals surface area contributed by atoms with Gasteiger partial charge in [-0.1, -0.05) is 40.5 Å². The van der Waals surface area contributed by atoms with E-state index >= 15 is 0 Å². The van der Waals surface area contributed by atoms with Crippen LogP contribution in [0, 0.1) is 11.2 Å². The molecule has 2 aromatic carbocycles. The van der Waals surface area contributed by atoms with Gasteiger partial charge in [0, 0.05) is 16.9 Å². The molecule has 3 aromatic rings. The molecule has 0 radical (unpaired) electrons. The number of aromatic carboxylic acids is 1. The molecule has 0 aliphatic rings. The van der Waals surface area contributed by atoms with E-state index in [2.05, 4.69) is 10.5 Å². The maximum atomic E-state index is 14.3. The number of benzene rings is 2. The predicted octanol–water partition coefficient (Wildman–Crippen LogP) is 6.52. The summed E-state index contributed by atoms with van der Waals surface area (Å²) in [5.74, 6) is -3.64. The molecular weight excluding hydrogens is 477 g/mol. The van der Waals surface area contributed by atoms with E-state index in [0.717, 1.165) is 6.07 Å². The molecule has 0 aliphatic carbocycles. The van der Waals surface area contributed by atoms with Gasteiger partial charge in [-0.15, -0.1) is 0 Å². The van der Waals surface area contributed by atoms with Crippen LogP contribution in [0.3, 0.4) is 0 Å². The fraction of sp³-hybridized carbons (Fsp3) is 0.0500. The van der Waals surface area contributed by atoms with Crippen LogP contribution in [0.4, 0.5) is 23.2 Å². The second kappa shape index (κ2) is 9.01. The van der Waals surface area contributed by atoms with Crippen molar-refractivity contribution in [2.75, 3.05) is 5.32 Å². The van der Waals surface area contributed by atoms with Gasteiger partial charge in [0.15, 0.2) is 5.76 Å². The molecule has 32 heavy (non-hydrogen) atoms. The van der Waals surface area contributed by atoms with E-state index in [0.29, 0.717) is 0 Å². The van der Waals surface area contributed by atoms with Gasteiger partial charge in [-0.3, -0.25) is 0 Å². The first kappa shape index (κ1) is 23.3. The van der Waals surface area contributed by atoms with Crippen molar-refractivity contribution in [2.45, 2.75) is 6.18 Å². The zero-order valence-electron chi connectivity index (χ0n) is 15.6. The number of carboxylic acids is 1. The number of rotatable bonds is 6. The Morgan fingerprint density at radius 3 is 2.44 bits per heavy atom. The van der Waals surface area contributed by atoms with Crippen molar-refractivity contribution < 1.29 is 32.0 Å². The predicted molar refractivity (Wildman–Crippen MR) is 111 cm³/mol. The Bertz CT molecular complexity index is 1220. The molecule has 3 rings (SSSR count). The topological polar surface area (TPSA) is 99.2 Å². The van der Waals surface area contributed by atoms with Gasteiger partial charge < -0.3 is 20.4 Å². The van der Waals surface area contributed by atoms with Crippen molar-refractivity contribution in [3.05, 3.63) is 75.3 Å². The van der Waals surface area contributed by atoms with Crippen LogP contribution < -0.4 is 5.32 Å². The standard InChI is InChI=1S/C20H11Cl2F4N3O3/c21-9-3-1-4-10(7-9)28-18(20(24,25)26)11(8-27)17-15(19(30)31)16(29-32-17)14-12(22)5-2-6-13(14)23/h1-8,27-28H,(H,30,31)/b18-11+,27-8?. The van der Waals surface area contributed by atoms with Crippen molar-refractivity contribution in [1.82, 2.24) is 5.16 Å². The summed E-state index contributed by atoms with van der Waals surface area (Å²) < 4.78 is 60.8. The van der Waals surface area contributed by atoms with Gasteiger partial charge >= 0.3 is 12.1 Å². The summed E-state index contributed by atoms with van der Waals surface area (Å²) in [4.78, 5) is 11.9. The van der Waals surface area contributed by atoms with Crippen molar-refractivity contribution >= 4 is 46.6 Å². The van der Waals surface area contributed by atoms with Crippen LogP contribution in [0.15, 0.2) is 52.7 Å². The molecule has 0 amide bonds. The van der Waals surface area contributed by atoms with Gasteiger partial charge in [0.2, 0.25) is 0 Å². The highest BCUT2D eigenvalue weighted by Crippen LogP contribution is 2.39. The maximum Gasteiger partial charge on any atom is 0.432 e. The monoisotopic (exact) mass is 487 g/mol. The molecule has 0 spiro atoms. The summed E-state index contributed by atoms with van der Waals surface area (Å²) in [7, 11) is 0. The number of allylic oxidation sites excluding steroid dienone is 2. The van der Waals surface area contributed by atoms with Crippen LogP contribution in [0.5, 0.6) is 0 Å². The average Bonchev–Trinajstić information content (AvgIpc) is 3.12. The summed E-state index contributed by atoms with van der Waals surface area (Å²) in [6, 6.07) is 8.76. The fourth-order valence-electron chi connectivity index (χ4n) is 2.82. The van der Waals surface area contributed by atoms with Crippen molar-refractivity contribution in [2.24, 2.45) is 0 Å². The second-order valence-electron chi connectivity index (χ2n) is 6.20. The first-order valence-electron chi connectivity index (χ1n) is 8.56. The third-order valence-electron chi connectivity index (χ3n) is 4.14. The third-order valence-corrected chi connectivity index (χ3v) is 4.69. The fourth-order valence-corrected chi connectivity index (χ4v) is 3.26. The number of carbonyl (C=O) groups is 1. The lowest BCUT2D eigenvalue weighted by molar-refractivity contribution is -0.0896. The highest BCUT2D eigenvalue weighted by Gasteiger charge is 2.40. The number of alkyl halides is 3. The molecule has 0 atom stereocenters. The van der Waals surface area contributed by atoms with Gasteiger partial charge in [0.05, 0.1) is 16.2 Å². The molecule has 0 saturated carbocycles. The van der Waals surface area contributed by atoms with E-state index < -0.39 is 51.8 Å². The average molecular weight is 488 g/mol. The van der Waals surface area contributed by atoms with E-state index in [4.69, 9.17) is 33.1 Å². The molecule has 12 heteroatoms. The van der Waals surface area contributed by atoms with Gasteiger partial charge in [-0.25, -0.2) is 9.18 Å². The zero-order valence-corrected chi connectivity index (χ0v) is 17.1. The number of nitrogens with one attached hydrogen (secondary N) is 2. The van der Waals surface area contributed by atoms with Crippen LogP contribution in [0.2, 0.25) is 10.0 Å². The third kappa shape index (κ3) is 4.61. The minimum atomic E-state index is -5.08. The number of halogens is 6. The molecule has 0 unspecified atom stereocenters. The van der Waals surface area contributed by atoms with Crippen LogP contribution >= 0.6 is 23.2 Å². The molecular formula is C20H11Cl2F4N3O3. The summed E-state index contributed by atoms with van der Waals surface area (Å²) in [5, 5.41) is 22.6. The highest BCUT2D eigenvalue weighted by molar-refractivity contribution is 6.33. The van der Waals surface area contributed by atoms with Crippen LogP contribution in [0.1, 0.15) is 16.1 Å². The number of carboxylic acid groups (broad SMARTS) is 1. The van der Waals surface area contributed by atoms with Gasteiger partial charge in [-0.2, -0.15) is 13.2 Å². The molecule has 1 heterocycles. The smallest absolute Gasteiger partial charge is 0.432 e. The molecule has 6 nitrogen and oxygen atoms in total. The summed E-state index contributed by atoms with van der Waals surface area (Å²) in [6.07, 6.45) is -4.83. The highest BCUT2D eigenvalue weighted by atomic mass is 35.5. The molecule has 0 fully saturated rings. The van der Waals surface area contributed by atoms with Crippen molar-refractivity contribution in [1.29, 1.82) is 5.41 Å². The lowest BCUT2D eigenvalue weighted by Crippen LogP contribution is -2.22. The lowest BCUT2D eigenvalue weighted by Gasteiger charge is -2.17. The number of hydrogen-bond acceptors (Lipinski definition) is 5. The minimum absolute atomic E-state index is 0.0852. The quantitative estimate of drug-likeness (QED) is 0.271. The Morgan fingerprint density at radius 2 is 1.88 bits per heavy atom. The molecule has 0 saturated heterocycles. The van der Waals surface area contributed by atoms with E-state index in [9.17, 15) is 27.5 Å². The van der Waals surface area contributed by atoms with E-state index in [-0.39, 0.29) is 21.9 Å². The summed E-state index contributed by atoms with van der Waals surface area (Å²) in [6.45, 7) is 0. The largest absolute Gasteiger partial charge is 0.477 e. The van der Waals surface area contributed by atoms with E-state index in [1.807, 2.05) is 0 Å². The minimum Gasteiger partial charge on any atom is -0.477 e. The Hall–Kier alpha value is -3.37. The SMILES string of the molecule is N=C/C(=C(\Nc1cccc(Cl)c1)C(F)(F)F)c1onc(-c2c(F)cccc2Cl)c1C(=O)O. The Labute approximate surface area is 187 Å². The molecule has 166 valence electrons. The van der Waals surface area contributed by atoms with Crippen LogP contribution in [0.25, 0.3) is 16.8 Å². The maximum absolute atomic E-state index is 14.3. The normalized spacial score (nSPS) is 12.3. The summed E-state index contributed by atoms with van der Waals surface area (Å²) >= 11 is 11.7. The van der Waals surface area contributed by atoms with Gasteiger partial charge in [-0.05, 0) is 30.3 Å². The number of hydrogen-bond donors (Lipinski definition) is 3. The molecule has 3 N–H and O–H groups in total. The second-order valence-corrected chi connectivity index (χ2v) is 7.05. The molecule has 1 aromatic heterocycles. The van der Waals surface area contributed by atoms with Crippen LogP contribution in [-0.2, 0) is 0 Å². The Kier molecular flexibility index (Phi) is 6.56. The van der Waals surface area contributed by atoms with Crippen molar-refractivity contribution in [3.8, 4) is 11.3 Å². The lowest BCUT2D eigenvalue weighted by atomic mass is 10.0. The summed E-state index contributed by atoms with van der Waals surface area (Å²) in [5.41, 5.74) is -4.58. The molecule has 0 bridgehead atoms.